The number of thioether (sulfide) groups is 3. The standard InChI is InChI=1S/2C13H20BrN5OSSi.C7H6BrN5S.C6H15ClOSi/c1-21-13-17-12(11-15-7-10(14)8-16-11)19(18-13)9-20-5-6-22(2,3)4;1-21-13-17-12(11-15-7-10(14)8-16-11)18-19(13)9-20-5-6-22(2,3)4;1-14-7-11-6(12-13-7)5-9-2-4(8)3-10-5;1-9(2,3)5-4-8-6-7/h2*7-8H,5-6,9H2,1-4H3;2-3H,1H3,(H,11,12,13);4-6H2,1-3H3. The maximum absolute atomic E-state index is 5.76. The molecule has 6 rings (SSSR count). The Balaban J connectivity index is 0.000000249. The van der Waals surface area contributed by atoms with Gasteiger partial charge < -0.3 is 14.2 Å². The second-order valence-electron chi connectivity index (χ2n) is 17.7. The summed E-state index contributed by atoms with van der Waals surface area (Å²) in [7, 11) is -3.03. The Labute approximate surface area is 440 Å². The number of nitrogens with zero attached hydrogens (tertiary/aromatic N) is 14. The smallest absolute Gasteiger partial charge is 0.220 e. The summed E-state index contributed by atoms with van der Waals surface area (Å²) in [5.41, 5.74) is 0. The van der Waals surface area contributed by atoms with E-state index in [1.54, 1.807) is 46.5 Å². The van der Waals surface area contributed by atoms with Gasteiger partial charge in [-0.3, -0.25) is 5.10 Å². The number of H-pyrrole nitrogens is 1. The Kier molecular flexibility index (Phi) is 26.5. The minimum Gasteiger partial charge on any atom is -0.366 e. The number of alkyl halides is 1. The van der Waals surface area contributed by atoms with Gasteiger partial charge in [0.2, 0.25) is 16.1 Å². The minimum absolute atomic E-state index is 0.338. The lowest BCUT2D eigenvalue weighted by atomic mass is 10.5. The van der Waals surface area contributed by atoms with Crippen LogP contribution in [0.25, 0.3) is 34.9 Å². The zero-order chi connectivity index (χ0) is 49.6. The third kappa shape index (κ3) is 24.1. The van der Waals surface area contributed by atoms with Crippen molar-refractivity contribution in [1.82, 2.24) is 74.6 Å². The molecule has 0 atom stereocenters. The average Bonchev–Trinajstić information content (AvgIpc) is 4.04. The third-order valence-corrected chi connectivity index (χ3v) is 16.5. The molecule has 6 aromatic heterocycles. The molecule has 18 nitrogen and oxygen atoms in total. The fourth-order valence-corrected chi connectivity index (χ4v) is 8.69. The lowest BCUT2D eigenvalue weighted by Gasteiger charge is -2.15. The molecule has 0 amide bonds. The second-order valence-corrected chi connectivity index (χ2v) is 39.9. The molecular formula is C39H61Br3ClN15O3S3Si3. The molecule has 6 aromatic rings. The number of nitrogens with one attached hydrogen (secondary N) is 1. The number of aromatic amines is 1. The molecule has 0 aliphatic carbocycles. The first-order valence-electron chi connectivity index (χ1n) is 20.8. The highest BCUT2D eigenvalue weighted by atomic mass is 79.9. The van der Waals surface area contributed by atoms with Crippen LogP contribution >= 0.6 is 94.7 Å². The molecule has 0 aliphatic heterocycles. The van der Waals surface area contributed by atoms with E-state index in [9.17, 15) is 0 Å². The van der Waals surface area contributed by atoms with Crippen molar-refractivity contribution in [3.8, 4) is 34.9 Å². The van der Waals surface area contributed by atoms with Gasteiger partial charge in [0.05, 0.1) is 13.4 Å². The van der Waals surface area contributed by atoms with Crippen LogP contribution in [0.15, 0.2) is 66.1 Å². The van der Waals surface area contributed by atoms with Crippen molar-refractivity contribution in [2.24, 2.45) is 0 Å². The lowest BCUT2D eigenvalue weighted by molar-refractivity contribution is 0.0720. The number of rotatable bonds is 20. The van der Waals surface area contributed by atoms with E-state index in [2.05, 4.69) is 172 Å². The van der Waals surface area contributed by atoms with Gasteiger partial charge in [-0.1, -0.05) is 106 Å². The van der Waals surface area contributed by atoms with Gasteiger partial charge in [0.15, 0.2) is 34.3 Å². The molecule has 0 aliphatic rings. The molecule has 0 saturated heterocycles. The van der Waals surface area contributed by atoms with E-state index in [-0.39, 0.29) is 0 Å². The average molecular weight is 1240 g/mol. The maximum Gasteiger partial charge on any atom is 0.220 e. The Hall–Kier alpha value is -2.03. The van der Waals surface area contributed by atoms with Crippen LogP contribution in [-0.2, 0) is 27.7 Å². The van der Waals surface area contributed by atoms with Crippen molar-refractivity contribution in [2.45, 2.75) is 106 Å². The highest BCUT2D eigenvalue weighted by molar-refractivity contribution is 9.11. The van der Waals surface area contributed by atoms with E-state index in [1.165, 1.54) is 41.3 Å². The number of aromatic nitrogens is 15. The summed E-state index contributed by atoms with van der Waals surface area (Å²) in [6.07, 6.45) is 15.9. The van der Waals surface area contributed by atoms with Crippen LogP contribution in [0.4, 0.5) is 0 Å². The van der Waals surface area contributed by atoms with Gasteiger partial charge in [-0.05, 0) is 84.7 Å². The van der Waals surface area contributed by atoms with Crippen molar-refractivity contribution in [1.29, 1.82) is 0 Å². The first-order chi connectivity index (χ1) is 31.6. The predicted molar refractivity (Wildman–Crippen MR) is 291 cm³/mol. The molecule has 0 fully saturated rings. The van der Waals surface area contributed by atoms with Crippen molar-refractivity contribution >= 4 is 119 Å². The zero-order valence-corrected chi connectivity index (χ0v) is 51.0. The molecule has 0 bridgehead atoms. The third-order valence-electron chi connectivity index (χ3n) is 8.27. The topological polar surface area (TPSA) is 208 Å². The molecule has 0 saturated carbocycles. The Bertz CT molecular complexity index is 2320. The summed E-state index contributed by atoms with van der Waals surface area (Å²) in [6, 6.07) is 3.81. The van der Waals surface area contributed by atoms with Crippen LogP contribution in [0.3, 0.4) is 0 Å². The van der Waals surface area contributed by atoms with E-state index >= 15 is 0 Å². The normalized spacial score (nSPS) is 11.6. The zero-order valence-electron chi connectivity index (χ0n) is 40.1. The quantitative estimate of drug-likeness (QED) is 0.0326. The van der Waals surface area contributed by atoms with Crippen LogP contribution in [0.5, 0.6) is 0 Å². The molecule has 6 heterocycles. The van der Waals surface area contributed by atoms with Gasteiger partial charge >= 0.3 is 0 Å². The number of hydrogen-bond acceptors (Lipinski definition) is 18. The number of ether oxygens (including phenoxy) is 3. The first-order valence-corrected chi connectivity index (χ1v) is 38.5. The Morgan fingerprint density at radius 2 is 0.985 bits per heavy atom. The molecule has 28 heteroatoms. The molecule has 0 aromatic carbocycles. The van der Waals surface area contributed by atoms with E-state index in [1.807, 2.05) is 18.8 Å². The summed E-state index contributed by atoms with van der Waals surface area (Å²) in [5.74, 6) is 3.34. The van der Waals surface area contributed by atoms with Crippen molar-refractivity contribution in [3.63, 3.8) is 0 Å². The Morgan fingerprint density at radius 1 is 0.537 bits per heavy atom. The van der Waals surface area contributed by atoms with Crippen molar-refractivity contribution in [2.75, 3.05) is 44.7 Å². The van der Waals surface area contributed by atoms with Gasteiger partial charge in [0.1, 0.15) is 19.5 Å². The monoisotopic (exact) mass is 1240 g/mol. The van der Waals surface area contributed by atoms with E-state index < -0.39 is 24.2 Å². The molecule has 0 unspecified atom stereocenters. The molecular weight excluding hydrogens is 1180 g/mol. The van der Waals surface area contributed by atoms with E-state index in [4.69, 9.17) is 25.8 Å². The fraction of sp³-hybridized carbons (Fsp3) is 0.538. The highest BCUT2D eigenvalue weighted by Crippen LogP contribution is 2.21. The summed E-state index contributed by atoms with van der Waals surface area (Å²) in [5, 5.41) is 17.8. The summed E-state index contributed by atoms with van der Waals surface area (Å²) in [4.78, 5) is 38.3. The number of hydrogen-bond donors (Lipinski definition) is 1. The van der Waals surface area contributed by atoms with Gasteiger partial charge in [-0.15, -0.1) is 15.3 Å². The predicted octanol–water partition coefficient (Wildman–Crippen LogP) is 11.3. The van der Waals surface area contributed by atoms with Gasteiger partial charge in [-0.2, -0.15) is 15.0 Å². The van der Waals surface area contributed by atoms with Crippen LogP contribution in [0.2, 0.25) is 77.1 Å². The van der Waals surface area contributed by atoms with Crippen LogP contribution in [0, 0.1) is 0 Å². The largest absolute Gasteiger partial charge is 0.366 e. The van der Waals surface area contributed by atoms with E-state index in [0.29, 0.717) is 64.8 Å². The molecule has 1 N–H and O–H groups in total. The van der Waals surface area contributed by atoms with Crippen LogP contribution in [-0.4, -0.2) is 143 Å². The van der Waals surface area contributed by atoms with Gasteiger partial charge in [0.25, 0.3) is 0 Å². The molecule has 67 heavy (non-hydrogen) atoms. The molecule has 368 valence electrons. The summed E-state index contributed by atoms with van der Waals surface area (Å²) >= 11 is 19.7. The van der Waals surface area contributed by atoms with E-state index in [0.717, 1.165) is 50.5 Å². The highest BCUT2D eigenvalue weighted by Gasteiger charge is 2.18. The minimum atomic E-state index is -1.09. The first kappa shape index (κ1) is 59.3. The van der Waals surface area contributed by atoms with Crippen molar-refractivity contribution < 1.29 is 14.2 Å². The SMILES string of the molecule is CSc1n[nH]c(-c2ncc(Br)cn2)n1.CSc1nc(-c2ncc(Br)cn2)n(COCC[Si](C)(C)C)n1.CSc1nc(-c2ncc(Br)cn2)nn1COCC[Si](C)(C)C.C[Si](C)(C)CCOCCl. The second kappa shape index (κ2) is 30.0. The van der Waals surface area contributed by atoms with Crippen molar-refractivity contribution in [3.05, 3.63) is 50.6 Å². The van der Waals surface area contributed by atoms with Crippen LogP contribution in [0.1, 0.15) is 0 Å². The van der Waals surface area contributed by atoms with Gasteiger partial charge in [-0.25, -0.2) is 39.3 Å². The summed E-state index contributed by atoms with van der Waals surface area (Å²) < 4.78 is 22.5. The molecule has 0 radical (unpaired) electrons. The van der Waals surface area contributed by atoms with Crippen LogP contribution < -0.4 is 0 Å². The molecule has 0 spiro atoms. The number of halogens is 4. The summed E-state index contributed by atoms with van der Waals surface area (Å²) in [6.45, 7) is 24.1. The lowest BCUT2D eigenvalue weighted by Crippen LogP contribution is -2.22. The van der Waals surface area contributed by atoms with Gasteiger partial charge in [0, 0.05) is 81.2 Å². The Morgan fingerprint density at radius 3 is 1.42 bits per heavy atom. The fourth-order valence-electron chi connectivity index (χ4n) is 4.54. The maximum atomic E-state index is 5.76.